The van der Waals surface area contributed by atoms with E-state index in [9.17, 15) is 18.0 Å². The molecular formula is C22H27N3O4S. The number of sulfonamides is 1. The Bertz CT molecular complexity index is 1080. The largest absolute Gasteiger partial charge is 0.326 e. The maximum absolute atomic E-state index is 12.9. The van der Waals surface area contributed by atoms with E-state index in [1.807, 2.05) is 6.92 Å². The van der Waals surface area contributed by atoms with Crippen LogP contribution in [0.2, 0.25) is 0 Å². The number of benzene rings is 2. The van der Waals surface area contributed by atoms with E-state index in [0.29, 0.717) is 36.3 Å². The summed E-state index contributed by atoms with van der Waals surface area (Å²) in [5.41, 5.74) is 3.37. The summed E-state index contributed by atoms with van der Waals surface area (Å²) >= 11 is 0. The number of rotatable bonds is 6. The van der Waals surface area contributed by atoms with E-state index < -0.39 is 10.0 Å². The fourth-order valence-electron chi connectivity index (χ4n) is 3.60. The number of nitrogens with zero attached hydrogens (tertiary/aromatic N) is 1. The number of anilines is 3. The van der Waals surface area contributed by atoms with E-state index in [1.165, 1.54) is 6.07 Å². The minimum atomic E-state index is -3.80. The molecule has 30 heavy (non-hydrogen) atoms. The van der Waals surface area contributed by atoms with Gasteiger partial charge in [-0.2, -0.15) is 0 Å². The summed E-state index contributed by atoms with van der Waals surface area (Å²) < 4.78 is 28.5. The molecule has 0 bridgehead atoms. The molecule has 3 rings (SSSR count). The van der Waals surface area contributed by atoms with Crippen molar-refractivity contribution in [3.63, 3.8) is 0 Å². The van der Waals surface area contributed by atoms with E-state index in [1.54, 1.807) is 49.1 Å². The molecule has 0 spiro atoms. The number of amides is 2. The molecule has 2 amide bonds. The van der Waals surface area contributed by atoms with Crippen molar-refractivity contribution in [3.8, 4) is 0 Å². The van der Waals surface area contributed by atoms with Gasteiger partial charge in [-0.15, -0.1) is 0 Å². The van der Waals surface area contributed by atoms with Crippen LogP contribution in [0.15, 0.2) is 41.3 Å². The van der Waals surface area contributed by atoms with Crippen LogP contribution in [-0.4, -0.2) is 26.8 Å². The zero-order chi connectivity index (χ0) is 21.9. The summed E-state index contributed by atoms with van der Waals surface area (Å²) in [5, 5.41) is 2.73. The van der Waals surface area contributed by atoms with Gasteiger partial charge in [0, 0.05) is 36.4 Å². The van der Waals surface area contributed by atoms with Gasteiger partial charge >= 0.3 is 0 Å². The highest BCUT2D eigenvalue weighted by Gasteiger charge is 2.23. The van der Waals surface area contributed by atoms with Crippen LogP contribution in [0, 0.1) is 6.92 Å². The number of hydrogen-bond donors (Lipinski definition) is 2. The van der Waals surface area contributed by atoms with Crippen molar-refractivity contribution >= 4 is 38.9 Å². The van der Waals surface area contributed by atoms with E-state index in [4.69, 9.17) is 0 Å². The van der Waals surface area contributed by atoms with Crippen LogP contribution in [0.25, 0.3) is 0 Å². The molecule has 8 heteroatoms. The standard InChI is InChI=1S/C22H27N3O4S/c1-4-21(26)23-17-9-11-20(15(3)13-17)30(28,29)24-18-8-10-19-16(14-18)7-6-12-25(19)22(27)5-2/h8-11,13-14,24H,4-7,12H2,1-3H3,(H,23,26). The van der Waals surface area contributed by atoms with E-state index >= 15 is 0 Å². The molecule has 0 unspecified atom stereocenters. The van der Waals surface area contributed by atoms with Gasteiger partial charge in [0.15, 0.2) is 0 Å². The van der Waals surface area contributed by atoms with Crippen molar-refractivity contribution in [1.29, 1.82) is 0 Å². The number of hydrogen-bond acceptors (Lipinski definition) is 4. The third-order valence-corrected chi connectivity index (χ3v) is 6.66. The van der Waals surface area contributed by atoms with Crippen LogP contribution in [0.4, 0.5) is 17.1 Å². The number of fused-ring (bicyclic) bond motifs is 1. The molecule has 0 atom stereocenters. The summed E-state index contributed by atoms with van der Waals surface area (Å²) in [7, 11) is -3.80. The van der Waals surface area contributed by atoms with E-state index in [2.05, 4.69) is 10.0 Å². The fourth-order valence-corrected chi connectivity index (χ4v) is 4.88. The molecule has 1 heterocycles. The minimum absolute atomic E-state index is 0.0650. The Morgan fingerprint density at radius 1 is 1.03 bits per heavy atom. The number of aryl methyl sites for hydroxylation is 2. The number of nitrogens with one attached hydrogen (secondary N) is 2. The molecular weight excluding hydrogens is 402 g/mol. The molecule has 0 aliphatic carbocycles. The first kappa shape index (κ1) is 21.8. The Kier molecular flexibility index (Phi) is 6.45. The second kappa shape index (κ2) is 8.87. The van der Waals surface area contributed by atoms with Gasteiger partial charge in [-0.1, -0.05) is 13.8 Å². The third-order valence-electron chi connectivity index (χ3n) is 5.12. The topological polar surface area (TPSA) is 95.6 Å². The van der Waals surface area contributed by atoms with Crippen LogP contribution in [0.1, 0.15) is 44.2 Å². The normalized spacial score (nSPS) is 13.5. The Morgan fingerprint density at radius 3 is 2.43 bits per heavy atom. The van der Waals surface area contributed by atoms with Crippen molar-refractivity contribution < 1.29 is 18.0 Å². The second-order valence-electron chi connectivity index (χ2n) is 7.33. The van der Waals surface area contributed by atoms with Crippen LogP contribution in [-0.2, 0) is 26.0 Å². The van der Waals surface area contributed by atoms with Gasteiger partial charge in [0.2, 0.25) is 11.8 Å². The van der Waals surface area contributed by atoms with Gasteiger partial charge in [0.05, 0.1) is 4.90 Å². The summed E-state index contributed by atoms with van der Waals surface area (Å²) in [5.74, 6) is -0.0667. The van der Waals surface area contributed by atoms with Crippen LogP contribution >= 0.6 is 0 Å². The Hall–Kier alpha value is -2.87. The van der Waals surface area contributed by atoms with Crippen molar-refractivity contribution in [2.45, 2.75) is 51.3 Å². The smallest absolute Gasteiger partial charge is 0.262 e. The van der Waals surface area contributed by atoms with Gasteiger partial charge < -0.3 is 10.2 Å². The zero-order valence-corrected chi connectivity index (χ0v) is 18.3. The summed E-state index contributed by atoms with van der Waals surface area (Å²) in [6, 6.07) is 9.99. The molecule has 7 nitrogen and oxygen atoms in total. The monoisotopic (exact) mass is 429 g/mol. The van der Waals surface area contributed by atoms with E-state index in [-0.39, 0.29) is 16.7 Å². The molecule has 160 valence electrons. The molecule has 2 N–H and O–H groups in total. The van der Waals surface area contributed by atoms with Crippen LogP contribution < -0.4 is 14.9 Å². The quantitative estimate of drug-likeness (QED) is 0.729. The Morgan fingerprint density at radius 2 is 1.77 bits per heavy atom. The molecule has 2 aromatic carbocycles. The average molecular weight is 430 g/mol. The lowest BCUT2D eigenvalue weighted by atomic mass is 10.0. The lowest BCUT2D eigenvalue weighted by molar-refractivity contribution is -0.118. The maximum Gasteiger partial charge on any atom is 0.262 e. The second-order valence-corrected chi connectivity index (χ2v) is 8.98. The first-order chi connectivity index (χ1) is 14.2. The summed E-state index contributed by atoms with van der Waals surface area (Å²) in [4.78, 5) is 25.6. The number of carbonyl (C=O) groups is 2. The summed E-state index contributed by atoms with van der Waals surface area (Å²) in [6.07, 6.45) is 2.42. The zero-order valence-electron chi connectivity index (χ0n) is 17.5. The molecule has 0 radical (unpaired) electrons. The van der Waals surface area contributed by atoms with Crippen molar-refractivity contribution in [2.24, 2.45) is 0 Å². The molecule has 1 aliphatic rings. The molecule has 1 aliphatic heterocycles. The first-order valence-electron chi connectivity index (χ1n) is 10.1. The highest BCUT2D eigenvalue weighted by molar-refractivity contribution is 7.92. The highest BCUT2D eigenvalue weighted by Crippen LogP contribution is 2.31. The van der Waals surface area contributed by atoms with Gasteiger partial charge in [0.25, 0.3) is 10.0 Å². The first-order valence-corrected chi connectivity index (χ1v) is 11.6. The lowest BCUT2D eigenvalue weighted by Gasteiger charge is -2.29. The predicted octanol–water partition coefficient (Wildman–Crippen LogP) is 3.83. The van der Waals surface area contributed by atoms with Gasteiger partial charge in [-0.25, -0.2) is 8.42 Å². The minimum Gasteiger partial charge on any atom is -0.326 e. The fraction of sp³-hybridized carbons (Fsp3) is 0.364. The van der Waals surface area contributed by atoms with Crippen molar-refractivity contribution in [1.82, 2.24) is 0 Å². The van der Waals surface area contributed by atoms with Gasteiger partial charge in [-0.05, 0) is 67.3 Å². The van der Waals surface area contributed by atoms with Crippen LogP contribution in [0.3, 0.4) is 0 Å². The molecule has 0 aromatic heterocycles. The Balaban J connectivity index is 1.84. The van der Waals surface area contributed by atoms with Crippen molar-refractivity contribution in [3.05, 3.63) is 47.5 Å². The Labute approximate surface area is 177 Å². The third kappa shape index (κ3) is 4.64. The number of carbonyl (C=O) groups excluding carboxylic acids is 2. The maximum atomic E-state index is 12.9. The van der Waals surface area contributed by atoms with E-state index in [0.717, 1.165) is 24.1 Å². The molecule has 2 aromatic rings. The molecule has 0 saturated heterocycles. The molecule has 0 fully saturated rings. The van der Waals surface area contributed by atoms with Crippen molar-refractivity contribution in [2.75, 3.05) is 21.5 Å². The predicted molar refractivity (Wildman–Crippen MR) is 118 cm³/mol. The van der Waals surface area contributed by atoms with Gasteiger partial charge in [-0.3, -0.25) is 14.3 Å². The highest BCUT2D eigenvalue weighted by atomic mass is 32.2. The van der Waals surface area contributed by atoms with Crippen LogP contribution in [0.5, 0.6) is 0 Å². The lowest BCUT2D eigenvalue weighted by Crippen LogP contribution is -2.34. The molecule has 0 saturated carbocycles. The summed E-state index contributed by atoms with van der Waals surface area (Å²) in [6.45, 7) is 5.96. The SMILES string of the molecule is CCC(=O)Nc1ccc(S(=O)(=O)Nc2ccc3c(c2)CCCN3C(=O)CC)c(C)c1. The average Bonchev–Trinajstić information content (AvgIpc) is 2.72. The van der Waals surface area contributed by atoms with Gasteiger partial charge in [0.1, 0.15) is 0 Å².